The second-order valence-corrected chi connectivity index (χ2v) is 7.24. The van der Waals surface area contributed by atoms with Crippen molar-refractivity contribution in [3.05, 3.63) is 0 Å². The molecule has 0 radical (unpaired) electrons. The molecule has 0 aliphatic heterocycles. The summed E-state index contributed by atoms with van der Waals surface area (Å²) in [5, 5.41) is 0. The van der Waals surface area contributed by atoms with E-state index < -0.39 is 8.25 Å². The molecule has 2 rings (SSSR count). The highest BCUT2D eigenvalue weighted by Crippen LogP contribution is 2.28. The molecule has 5 nitrogen and oxygen atoms in total. The fourth-order valence-corrected chi connectivity index (χ4v) is 3.88. The third-order valence-corrected chi connectivity index (χ3v) is 5.26. The van der Waals surface area contributed by atoms with E-state index in [4.69, 9.17) is 9.05 Å². The van der Waals surface area contributed by atoms with Crippen LogP contribution in [0.4, 0.5) is 0 Å². The SMILES string of the molecule is CC(=NC1CCCCC1)O[PH](=O)OC(C)=NC1CCCCC1. The number of nitrogens with zero attached hydrogens (tertiary/aromatic N) is 2. The number of hydrogen-bond donors (Lipinski definition) is 0. The minimum Gasteiger partial charge on any atom is -0.404 e. The molecule has 0 heterocycles. The number of rotatable bonds is 4. The maximum absolute atomic E-state index is 11.9. The second kappa shape index (κ2) is 9.34. The summed E-state index contributed by atoms with van der Waals surface area (Å²) >= 11 is 0. The molecule has 0 saturated heterocycles. The van der Waals surface area contributed by atoms with Gasteiger partial charge < -0.3 is 9.05 Å². The van der Waals surface area contributed by atoms with Crippen molar-refractivity contribution in [3.8, 4) is 0 Å². The molecule has 0 atom stereocenters. The molecule has 0 spiro atoms. The molecule has 0 unspecified atom stereocenters. The highest BCUT2D eigenvalue weighted by Gasteiger charge is 2.15. The zero-order chi connectivity index (χ0) is 15.8. The van der Waals surface area contributed by atoms with Gasteiger partial charge in [-0.25, -0.2) is 4.57 Å². The average Bonchev–Trinajstić information content (AvgIpc) is 2.48. The first kappa shape index (κ1) is 17.5. The smallest absolute Gasteiger partial charge is 0.404 e. The molecule has 6 heteroatoms. The molecule has 22 heavy (non-hydrogen) atoms. The van der Waals surface area contributed by atoms with Crippen molar-refractivity contribution in [2.45, 2.75) is 90.1 Å². The Morgan fingerprint density at radius 1 is 0.773 bits per heavy atom. The van der Waals surface area contributed by atoms with Crippen molar-refractivity contribution in [3.63, 3.8) is 0 Å². The van der Waals surface area contributed by atoms with E-state index in [2.05, 4.69) is 9.98 Å². The van der Waals surface area contributed by atoms with Crippen molar-refractivity contribution in [2.24, 2.45) is 9.98 Å². The Morgan fingerprint density at radius 3 is 1.50 bits per heavy atom. The van der Waals surface area contributed by atoms with Gasteiger partial charge in [0.25, 0.3) is 0 Å². The van der Waals surface area contributed by atoms with Gasteiger partial charge in [0.05, 0.1) is 12.1 Å². The zero-order valence-electron chi connectivity index (χ0n) is 13.8. The predicted octanol–water partition coefficient (Wildman–Crippen LogP) is 4.91. The van der Waals surface area contributed by atoms with E-state index >= 15 is 0 Å². The van der Waals surface area contributed by atoms with Crippen LogP contribution in [-0.4, -0.2) is 23.9 Å². The van der Waals surface area contributed by atoms with Gasteiger partial charge in [0.1, 0.15) is 0 Å². The lowest BCUT2D eigenvalue weighted by molar-refractivity contribution is 0.388. The summed E-state index contributed by atoms with van der Waals surface area (Å²) in [7, 11) is -2.60. The molecule has 2 aliphatic carbocycles. The Morgan fingerprint density at radius 2 is 1.14 bits per heavy atom. The van der Waals surface area contributed by atoms with Gasteiger partial charge in [-0.1, -0.05) is 38.5 Å². The molecule has 2 saturated carbocycles. The largest absolute Gasteiger partial charge is 0.420 e. The number of aliphatic imine (C=N–C) groups is 2. The average molecular weight is 328 g/mol. The van der Waals surface area contributed by atoms with E-state index in [1.807, 2.05) is 0 Å². The maximum atomic E-state index is 11.9. The third-order valence-electron chi connectivity index (χ3n) is 4.34. The fourth-order valence-electron chi connectivity index (χ4n) is 3.25. The van der Waals surface area contributed by atoms with Crippen molar-refractivity contribution >= 4 is 20.1 Å². The van der Waals surface area contributed by atoms with E-state index in [1.165, 1.54) is 38.5 Å². The first-order valence-electron chi connectivity index (χ1n) is 8.62. The van der Waals surface area contributed by atoms with Crippen molar-refractivity contribution < 1.29 is 13.6 Å². The first-order valence-corrected chi connectivity index (χ1v) is 9.84. The van der Waals surface area contributed by atoms with Crippen LogP contribution in [0.5, 0.6) is 0 Å². The van der Waals surface area contributed by atoms with Gasteiger partial charge in [-0.2, -0.15) is 0 Å². The molecular weight excluding hydrogens is 299 g/mol. The summed E-state index contributed by atoms with van der Waals surface area (Å²) in [5.74, 6) is 0.947. The van der Waals surface area contributed by atoms with Crippen LogP contribution >= 0.6 is 8.25 Å². The van der Waals surface area contributed by atoms with E-state index in [-0.39, 0.29) is 0 Å². The topological polar surface area (TPSA) is 60.2 Å². The second-order valence-electron chi connectivity index (χ2n) is 6.33. The molecule has 0 aromatic carbocycles. The van der Waals surface area contributed by atoms with E-state index in [0.717, 1.165) is 25.7 Å². The molecule has 0 aromatic heterocycles. The van der Waals surface area contributed by atoms with Crippen LogP contribution in [-0.2, 0) is 13.6 Å². The predicted molar refractivity (Wildman–Crippen MR) is 91.1 cm³/mol. The van der Waals surface area contributed by atoms with Gasteiger partial charge in [0.2, 0.25) is 0 Å². The number of hydrogen-bond acceptors (Lipinski definition) is 5. The summed E-state index contributed by atoms with van der Waals surface area (Å²) in [4.78, 5) is 9.00. The van der Waals surface area contributed by atoms with Crippen LogP contribution in [0.2, 0.25) is 0 Å². The first-order chi connectivity index (χ1) is 10.6. The van der Waals surface area contributed by atoms with Gasteiger partial charge in [0.15, 0.2) is 11.8 Å². The highest BCUT2D eigenvalue weighted by molar-refractivity contribution is 7.34. The van der Waals surface area contributed by atoms with E-state index in [0.29, 0.717) is 23.9 Å². The summed E-state index contributed by atoms with van der Waals surface area (Å²) in [6.45, 7) is 3.52. The van der Waals surface area contributed by atoms with Crippen molar-refractivity contribution in [1.29, 1.82) is 0 Å². The third kappa shape index (κ3) is 6.51. The minimum absolute atomic E-state index is 0.320. The van der Waals surface area contributed by atoms with Gasteiger partial charge in [0, 0.05) is 13.8 Å². The molecule has 2 aliphatic rings. The van der Waals surface area contributed by atoms with Crippen molar-refractivity contribution in [2.75, 3.05) is 0 Å². The monoisotopic (exact) mass is 328 g/mol. The molecule has 0 amide bonds. The quantitative estimate of drug-likeness (QED) is 0.418. The molecular formula is C16H29N2O3P. The summed E-state index contributed by atoms with van der Waals surface area (Å²) < 4.78 is 22.5. The van der Waals surface area contributed by atoms with Gasteiger partial charge in [-0.05, 0) is 25.7 Å². The summed E-state index contributed by atoms with van der Waals surface area (Å²) in [6.07, 6.45) is 11.9. The Kier molecular flexibility index (Phi) is 7.44. The van der Waals surface area contributed by atoms with Crippen LogP contribution < -0.4 is 0 Å². The highest BCUT2D eigenvalue weighted by atomic mass is 31.1. The minimum atomic E-state index is -2.60. The Hall–Kier alpha value is -0.830. The Balaban J connectivity index is 1.75. The lowest BCUT2D eigenvalue weighted by Gasteiger charge is -2.19. The van der Waals surface area contributed by atoms with Gasteiger partial charge in [-0.15, -0.1) is 0 Å². The van der Waals surface area contributed by atoms with Gasteiger partial charge >= 0.3 is 8.25 Å². The molecule has 0 aromatic rings. The maximum Gasteiger partial charge on any atom is 0.420 e. The lowest BCUT2D eigenvalue weighted by atomic mass is 9.96. The normalized spacial score (nSPS) is 24.1. The van der Waals surface area contributed by atoms with E-state index in [1.54, 1.807) is 13.8 Å². The summed E-state index contributed by atoms with van der Waals surface area (Å²) in [6, 6.07) is 0.640. The Bertz CT molecular complexity index is 387. The van der Waals surface area contributed by atoms with Crippen LogP contribution in [0, 0.1) is 0 Å². The van der Waals surface area contributed by atoms with Crippen LogP contribution in [0.25, 0.3) is 0 Å². The van der Waals surface area contributed by atoms with Crippen LogP contribution in [0.1, 0.15) is 78.1 Å². The van der Waals surface area contributed by atoms with Gasteiger partial charge in [-0.3, -0.25) is 9.98 Å². The fraction of sp³-hybridized carbons (Fsp3) is 0.875. The van der Waals surface area contributed by atoms with E-state index in [9.17, 15) is 4.57 Å². The lowest BCUT2D eigenvalue weighted by Crippen LogP contribution is -2.13. The Labute approximate surface area is 134 Å². The zero-order valence-corrected chi connectivity index (χ0v) is 14.8. The molecule has 0 bridgehead atoms. The summed E-state index contributed by atoms with van der Waals surface area (Å²) in [5.41, 5.74) is 0. The van der Waals surface area contributed by atoms with Crippen LogP contribution in [0.15, 0.2) is 9.98 Å². The van der Waals surface area contributed by atoms with Crippen LogP contribution in [0.3, 0.4) is 0 Å². The molecule has 126 valence electrons. The molecule has 2 fully saturated rings. The standard InChI is InChI=1S/C16H29N2O3P/c1-13(17-15-9-5-3-6-10-15)20-22(19)21-14(2)18-16-11-7-4-8-12-16/h15-16,22H,3-12H2,1-2H3. The van der Waals surface area contributed by atoms with Crippen molar-refractivity contribution in [1.82, 2.24) is 0 Å². The molecule has 0 N–H and O–H groups in total.